The third-order valence-corrected chi connectivity index (χ3v) is 3.64. The number of hydrogen-bond donors (Lipinski definition) is 0. The number of rotatable bonds is 6. The van der Waals surface area contributed by atoms with Crippen molar-refractivity contribution in [3.05, 3.63) is 45.8 Å². The van der Waals surface area contributed by atoms with E-state index < -0.39 is 0 Å². The summed E-state index contributed by atoms with van der Waals surface area (Å²) in [6.07, 6.45) is 3.30. The van der Waals surface area contributed by atoms with Crippen molar-refractivity contribution in [3.63, 3.8) is 0 Å². The van der Waals surface area contributed by atoms with E-state index in [0.29, 0.717) is 5.58 Å². The summed E-state index contributed by atoms with van der Waals surface area (Å²) < 4.78 is 5.33. The van der Waals surface area contributed by atoms with E-state index in [1.54, 1.807) is 6.07 Å². The fourth-order valence-corrected chi connectivity index (χ4v) is 2.42. The van der Waals surface area contributed by atoms with Crippen LogP contribution in [0.15, 0.2) is 33.5 Å². The van der Waals surface area contributed by atoms with Gasteiger partial charge in [0, 0.05) is 18.0 Å². The molecule has 1 heterocycles. The van der Waals surface area contributed by atoms with Gasteiger partial charge in [0.15, 0.2) is 0 Å². The molecular formula is C17H23NO2. The van der Waals surface area contributed by atoms with E-state index >= 15 is 0 Å². The van der Waals surface area contributed by atoms with Crippen molar-refractivity contribution in [1.82, 2.24) is 4.90 Å². The molecule has 0 spiro atoms. The van der Waals surface area contributed by atoms with E-state index in [-0.39, 0.29) is 5.63 Å². The van der Waals surface area contributed by atoms with Gasteiger partial charge >= 0.3 is 5.63 Å². The van der Waals surface area contributed by atoms with E-state index in [0.717, 1.165) is 30.5 Å². The maximum Gasteiger partial charge on any atom is 0.336 e. The van der Waals surface area contributed by atoms with Crippen molar-refractivity contribution in [3.8, 4) is 0 Å². The van der Waals surface area contributed by atoms with Crippen molar-refractivity contribution < 1.29 is 4.42 Å². The number of fused-ring (bicyclic) bond motifs is 1. The summed E-state index contributed by atoms with van der Waals surface area (Å²) >= 11 is 0. The first kappa shape index (κ1) is 14.8. The molecule has 108 valence electrons. The predicted octanol–water partition coefficient (Wildman–Crippen LogP) is 3.59. The number of aryl methyl sites for hydroxylation is 1. The monoisotopic (exact) mass is 273 g/mol. The molecule has 3 nitrogen and oxygen atoms in total. The zero-order valence-electron chi connectivity index (χ0n) is 12.6. The van der Waals surface area contributed by atoms with Crippen LogP contribution in [0.5, 0.6) is 0 Å². The Kier molecular flexibility index (Phi) is 4.96. The average molecular weight is 273 g/mol. The summed E-state index contributed by atoms with van der Waals surface area (Å²) in [7, 11) is 2.09. The first-order chi connectivity index (χ1) is 9.63. The molecule has 3 heteroatoms. The smallest absolute Gasteiger partial charge is 0.336 e. The van der Waals surface area contributed by atoms with Gasteiger partial charge in [-0.2, -0.15) is 0 Å². The van der Waals surface area contributed by atoms with E-state index in [2.05, 4.69) is 37.9 Å². The molecule has 2 aromatic rings. The average Bonchev–Trinajstić information content (AvgIpc) is 2.44. The molecule has 20 heavy (non-hydrogen) atoms. The number of hydrogen-bond acceptors (Lipinski definition) is 3. The maximum atomic E-state index is 11.7. The summed E-state index contributed by atoms with van der Waals surface area (Å²) in [6, 6.07) is 7.78. The fraction of sp³-hybridized carbons (Fsp3) is 0.471. The normalized spacial score (nSPS) is 11.4. The second kappa shape index (κ2) is 6.71. The molecule has 0 N–H and O–H groups in total. The Morgan fingerprint density at radius 2 is 2.00 bits per heavy atom. The summed E-state index contributed by atoms with van der Waals surface area (Å²) in [6.45, 7) is 6.12. The zero-order valence-corrected chi connectivity index (χ0v) is 12.6. The molecule has 0 saturated heterocycles. The Bertz CT molecular complexity index is 630. The van der Waals surface area contributed by atoms with Gasteiger partial charge in [-0.3, -0.25) is 0 Å². The maximum absolute atomic E-state index is 11.7. The second-order valence-corrected chi connectivity index (χ2v) is 5.37. The molecule has 1 aromatic heterocycles. The van der Waals surface area contributed by atoms with Gasteiger partial charge in [0.05, 0.1) is 0 Å². The van der Waals surface area contributed by atoms with Crippen LogP contribution in [-0.4, -0.2) is 18.5 Å². The highest BCUT2D eigenvalue weighted by Crippen LogP contribution is 2.20. The summed E-state index contributed by atoms with van der Waals surface area (Å²) in [5.41, 5.74) is 2.69. The van der Waals surface area contributed by atoms with Crippen molar-refractivity contribution in [1.29, 1.82) is 0 Å². The van der Waals surface area contributed by atoms with E-state index in [1.165, 1.54) is 18.4 Å². The molecule has 0 radical (unpaired) electrons. The van der Waals surface area contributed by atoms with Gasteiger partial charge in [0.1, 0.15) is 5.58 Å². The first-order valence-electron chi connectivity index (χ1n) is 7.38. The highest BCUT2D eigenvalue weighted by Gasteiger charge is 2.08. The Balaban J connectivity index is 2.34. The van der Waals surface area contributed by atoms with Gasteiger partial charge < -0.3 is 9.32 Å². The third-order valence-electron chi connectivity index (χ3n) is 3.64. The van der Waals surface area contributed by atoms with Crippen LogP contribution in [-0.2, 0) is 13.0 Å². The van der Waals surface area contributed by atoms with E-state index in [4.69, 9.17) is 4.42 Å². The largest absolute Gasteiger partial charge is 0.423 e. The van der Waals surface area contributed by atoms with Crippen molar-refractivity contribution in [2.75, 3.05) is 13.6 Å². The van der Waals surface area contributed by atoms with Crippen molar-refractivity contribution in [2.24, 2.45) is 0 Å². The lowest BCUT2D eigenvalue weighted by atomic mass is 10.1. The molecule has 0 aliphatic heterocycles. The lowest BCUT2D eigenvalue weighted by molar-refractivity contribution is 0.321. The van der Waals surface area contributed by atoms with Crippen LogP contribution in [0, 0.1) is 0 Å². The Morgan fingerprint density at radius 1 is 1.20 bits per heavy atom. The van der Waals surface area contributed by atoms with Gasteiger partial charge in [0.2, 0.25) is 0 Å². The molecule has 0 atom stereocenters. The number of benzene rings is 1. The lowest BCUT2D eigenvalue weighted by Gasteiger charge is -2.17. The highest BCUT2D eigenvalue weighted by atomic mass is 16.4. The van der Waals surface area contributed by atoms with Crippen molar-refractivity contribution in [2.45, 2.75) is 39.7 Å². The molecule has 2 rings (SSSR count). The SMILES string of the molecule is CCCCN(C)Cc1cc(=O)oc2cc(CC)ccc12. The van der Waals surface area contributed by atoms with Crippen LogP contribution in [0.2, 0.25) is 0 Å². The molecular weight excluding hydrogens is 250 g/mol. The minimum Gasteiger partial charge on any atom is -0.423 e. The number of nitrogens with zero attached hydrogens (tertiary/aromatic N) is 1. The quantitative estimate of drug-likeness (QED) is 0.754. The molecule has 0 unspecified atom stereocenters. The fourth-order valence-electron chi connectivity index (χ4n) is 2.42. The number of unbranched alkanes of at least 4 members (excludes halogenated alkanes) is 1. The lowest BCUT2D eigenvalue weighted by Crippen LogP contribution is -2.20. The van der Waals surface area contributed by atoms with Gasteiger partial charge in [-0.05, 0) is 43.6 Å². The van der Waals surface area contributed by atoms with Gasteiger partial charge in [-0.15, -0.1) is 0 Å². The first-order valence-corrected chi connectivity index (χ1v) is 7.38. The van der Waals surface area contributed by atoms with Crippen LogP contribution < -0.4 is 5.63 Å². The van der Waals surface area contributed by atoms with Crippen LogP contribution in [0.25, 0.3) is 11.0 Å². The summed E-state index contributed by atoms with van der Waals surface area (Å²) in [4.78, 5) is 14.0. The Labute approximate surface area is 120 Å². The minimum absolute atomic E-state index is 0.260. The molecule has 0 saturated carbocycles. The predicted molar refractivity (Wildman–Crippen MR) is 83.1 cm³/mol. The Hall–Kier alpha value is -1.61. The van der Waals surface area contributed by atoms with Gasteiger partial charge in [0.25, 0.3) is 0 Å². The standard InChI is InChI=1S/C17H23NO2/c1-4-6-9-18(3)12-14-11-17(19)20-16-10-13(5-2)7-8-15(14)16/h7-8,10-11H,4-6,9,12H2,1-3H3. The van der Waals surface area contributed by atoms with Crippen LogP contribution in [0.1, 0.15) is 37.8 Å². The summed E-state index contributed by atoms with van der Waals surface area (Å²) in [5.74, 6) is 0. The highest BCUT2D eigenvalue weighted by molar-refractivity contribution is 5.80. The molecule has 0 aliphatic carbocycles. The Morgan fingerprint density at radius 3 is 2.70 bits per heavy atom. The van der Waals surface area contributed by atoms with Gasteiger partial charge in [-0.25, -0.2) is 4.79 Å². The van der Waals surface area contributed by atoms with Crippen LogP contribution in [0.4, 0.5) is 0 Å². The van der Waals surface area contributed by atoms with Gasteiger partial charge in [-0.1, -0.05) is 32.4 Å². The molecule has 1 aromatic carbocycles. The van der Waals surface area contributed by atoms with Crippen LogP contribution in [0.3, 0.4) is 0 Å². The summed E-state index contributed by atoms with van der Waals surface area (Å²) in [5, 5.41) is 1.05. The van der Waals surface area contributed by atoms with Crippen LogP contribution >= 0.6 is 0 Å². The zero-order chi connectivity index (χ0) is 14.5. The molecule has 0 fully saturated rings. The minimum atomic E-state index is -0.260. The third kappa shape index (κ3) is 3.48. The molecule has 0 bridgehead atoms. The van der Waals surface area contributed by atoms with E-state index in [9.17, 15) is 4.79 Å². The van der Waals surface area contributed by atoms with E-state index in [1.807, 2.05) is 6.07 Å². The van der Waals surface area contributed by atoms with Crippen molar-refractivity contribution >= 4 is 11.0 Å². The molecule has 0 aliphatic rings. The molecule has 0 amide bonds. The topological polar surface area (TPSA) is 33.5 Å². The second-order valence-electron chi connectivity index (χ2n) is 5.37.